The minimum Gasteiger partial charge on any atom is -0.311 e. The van der Waals surface area contributed by atoms with Crippen LogP contribution < -0.4 is 4.90 Å². The quantitative estimate of drug-likeness (QED) is 0.774. The van der Waals surface area contributed by atoms with Crippen LogP contribution in [0.15, 0.2) is 18.2 Å². The zero-order valence-electron chi connectivity index (χ0n) is 11.0. The molecule has 0 radical (unpaired) electrons. The fraction of sp³-hybridized carbons (Fsp3) is 0.500. The minimum absolute atomic E-state index is 0.0959. The third kappa shape index (κ3) is 3.09. The monoisotopic (exact) mass is 297 g/mol. The van der Waals surface area contributed by atoms with Gasteiger partial charge >= 0.3 is 0 Å². The number of alkyl halides is 1. The van der Waals surface area contributed by atoms with Crippen LogP contribution in [0.3, 0.4) is 0 Å². The van der Waals surface area contributed by atoms with Gasteiger partial charge in [-0.15, -0.1) is 0 Å². The van der Waals surface area contributed by atoms with E-state index < -0.39 is 0 Å². The molecule has 0 heterocycles. The first kappa shape index (κ1) is 14.2. The predicted molar refractivity (Wildman–Crippen MR) is 76.9 cm³/mol. The Labute approximate surface area is 112 Å². The number of amides is 1. The standard InChI is InChI=1S/C14H20BrNO/c1-5-12(15)14(17)16(6-2)13-10(3)8-7-9-11(13)4/h7-9,12H,5-6H2,1-4H3/t12-/m1/s1. The van der Waals surface area contributed by atoms with Gasteiger partial charge in [0.1, 0.15) is 0 Å². The fourth-order valence-electron chi connectivity index (χ4n) is 2.00. The van der Waals surface area contributed by atoms with E-state index in [1.807, 2.05) is 50.8 Å². The molecule has 0 unspecified atom stereocenters. The SMILES string of the molecule is CC[C@@H](Br)C(=O)N(CC)c1c(C)cccc1C. The first-order chi connectivity index (χ1) is 8.02. The largest absolute Gasteiger partial charge is 0.311 e. The molecule has 0 spiro atoms. The van der Waals surface area contributed by atoms with Gasteiger partial charge in [0.25, 0.3) is 0 Å². The highest BCUT2D eigenvalue weighted by atomic mass is 79.9. The van der Waals surface area contributed by atoms with Crippen molar-refractivity contribution in [1.82, 2.24) is 0 Å². The summed E-state index contributed by atoms with van der Waals surface area (Å²) in [5.41, 5.74) is 3.35. The summed E-state index contributed by atoms with van der Waals surface area (Å²) < 4.78 is 0. The van der Waals surface area contributed by atoms with Gasteiger partial charge < -0.3 is 4.90 Å². The van der Waals surface area contributed by atoms with E-state index in [0.29, 0.717) is 6.54 Å². The predicted octanol–water partition coefficient (Wildman–Crippen LogP) is 3.83. The molecule has 0 fully saturated rings. The van der Waals surface area contributed by atoms with E-state index in [4.69, 9.17) is 0 Å². The molecule has 1 aromatic carbocycles. The molecule has 1 rings (SSSR count). The van der Waals surface area contributed by atoms with Gasteiger partial charge in [0, 0.05) is 12.2 Å². The Morgan fingerprint density at radius 1 is 1.29 bits per heavy atom. The van der Waals surface area contributed by atoms with E-state index in [1.54, 1.807) is 0 Å². The van der Waals surface area contributed by atoms with Gasteiger partial charge in [-0.25, -0.2) is 0 Å². The van der Waals surface area contributed by atoms with E-state index >= 15 is 0 Å². The molecule has 0 saturated heterocycles. The molecule has 0 aliphatic carbocycles. The number of hydrogen-bond donors (Lipinski definition) is 0. The molecule has 17 heavy (non-hydrogen) atoms. The molecule has 2 nitrogen and oxygen atoms in total. The van der Waals surface area contributed by atoms with Crippen molar-refractivity contribution in [3.05, 3.63) is 29.3 Å². The molecule has 0 aromatic heterocycles. The van der Waals surface area contributed by atoms with Crippen molar-refractivity contribution in [3.8, 4) is 0 Å². The molecular weight excluding hydrogens is 278 g/mol. The summed E-state index contributed by atoms with van der Waals surface area (Å²) in [6.45, 7) is 8.82. The lowest BCUT2D eigenvalue weighted by Crippen LogP contribution is -2.37. The smallest absolute Gasteiger partial charge is 0.240 e. The highest BCUT2D eigenvalue weighted by molar-refractivity contribution is 9.10. The molecule has 0 aliphatic rings. The third-order valence-electron chi connectivity index (χ3n) is 2.92. The van der Waals surface area contributed by atoms with E-state index in [1.165, 1.54) is 0 Å². The Morgan fingerprint density at radius 3 is 2.24 bits per heavy atom. The normalized spacial score (nSPS) is 12.3. The molecule has 3 heteroatoms. The molecule has 94 valence electrons. The summed E-state index contributed by atoms with van der Waals surface area (Å²) in [6.07, 6.45) is 0.806. The number of benzene rings is 1. The lowest BCUT2D eigenvalue weighted by atomic mass is 10.1. The lowest BCUT2D eigenvalue weighted by molar-refractivity contribution is -0.118. The molecule has 0 bridgehead atoms. The second-order valence-corrected chi connectivity index (χ2v) is 5.30. The van der Waals surface area contributed by atoms with E-state index in [2.05, 4.69) is 15.9 Å². The highest BCUT2D eigenvalue weighted by Crippen LogP contribution is 2.26. The fourth-order valence-corrected chi connectivity index (χ4v) is 2.25. The van der Waals surface area contributed by atoms with Crippen molar-refractivity contribution < 1.29 is 4.79 Å². The van der Waals surface area contributed by atoms with Gasteiger partial charge in [0.15, 0.2) is 0 Å². The summed E-state index contributed by atoms with van der Waals surface area (Å²) in [6, 6.07) is 6.12. The van der Waals surface area contributed by atoms with Crippen molar-refractivity contribution in [2.75, 3.05) is 11.4 Å². The Hall–Kier alpha value is -0.830. The zero-order valence-corrected chi connectivity index (χ0v) is 12.5. The van der Waals surface area contributed by atoms with E-state index in [9.17, 15) is 4.79 Å². The van der Waals surface area contributed by atoms with Crippen molar-refractivity contribution in [2.24, 2.45) is 0 Å². The molecule has 0 aliphatic heterocycles. The molecule has 0 saturated carbocycles. The molecule has 1 amide bonds. The first-order valence-corrected chi connectivity index (χ1v) is 6.96. The van der Waals surface area contributed by atoms with Crippen LogP contribution in [0.4, 0.5) is 5.69 Å². The van der Waals surface area contributed by atoms with Crippen LogP contribution in [0.5, 0.6) is 0 Å². The highest BCUT2D eigenvalue weighted by Gasteiger charge is 2.22. The molecule has 1 aromatic rings. The van der Waals surface area contributed by atoms with Crippen LogP contribution in [-0.4, -0.2) is 17.3 Å². The Bertz CT molecular complexity index is 383. The number of rotatable bonds is 4. The Kier molecular flexibility index (Phi) is 5.19. The number of nitrogens with zero attached hydrogens (tertiary/aromatic N) is 1. The Morgan fingerprint density at radius 2 is 1.82 bits per heavy atom. The number of halogens is 1. The van der Waals surface area contributed by atoms with Gasteiger partial charge in [0.2, 0.25) is 5.91 Å². The lowest BCUT2D eigenvalue weighted by Gasteiger charge is -2.26. The van der Waals surface area contributed by atoms with Gasteiger partial charge in [-0.3, -0.25) is 4.79 Å². The van der Waals surface area contributed by atoms with Crippen molar-refractivity contribution in [2.45, 2.75) is 38.9 Å². The number of para-hydroxylation sites is 1. The van der Waals surface area contributed by atoms with Crippen LogP contribution in [0.1, 0.15) is 31.4 Å². The number of carbonyl (C=O) groups excluding carboxylic acids is 1. The van der Waals surface area contributed by atoms with Crippen molar-refractivity contribution in [1.29, 1.82) is 0 Å². The molecule has 0 N–H and O–H groups in total. The van der Waals surface area contributed by atoms with E-state index in [-0.39, 0.29) is 10.7 Å². The van der Waals surface area contributed by atoms with Crippen molar-refractivity contribution in [3.63, 3.8) is 0 Å². The van der Waals surface area contributed by atoms with Gasteiger partial charge in [-0.1, -0.05) is 41.1 Å². The average molecular weight is 298 g/mol. The second-order valence-electron chi connectivity index (χ2n) is 4.20. The Balaban J connectivity index is 3.14. The summed E-state index contributed by atoms with van der Waals surface area (Å²) in [5, 5.41) is 0. The number of anilines is 1. The number of aryl methyl sites for hydroxylation is 2. The van der Waals surface area contributed by atoms with Gasteiger partial charge in [-0.2, -0.15) is 0 Å². The van der Waals surface area contributed by atoms with Crippen LogP contribution in [0, 0.1) is 13.8 Å². The summed E-state index contributed by atoms with van der Waals surface area (Å²) in [4.78, 5) is 14.1. The van der Waals surface area contributed by atoms with Crippen LogP contribution in [0.2, 0.25) is 0 Å². The molecular formula is C14H20BrNO. The number of carbonyl (C=O) groups is 1. The summed E-state index contributed by atoms with van der Waals surface area (Å²) >= 11 is 3.44. The van der Waals surface area contributed by atoms with Crippen LogP contribution in [0.25, 0.3) is 0 Å². The van der Waals surface area contributed by atoms with Crippen LogP contribution in [-0.2, 0) is 4.79 Å². The van der Waals surface area contributed by atoms with Gasteiger partial charge in [0.05, 0.1) is 4.83 Å². The van der Waals surface area contributed by atoms with Crippen LogP contribution >= 0.6 is 15.9 Å². The first-order valence-electron chi connectivity index (χ1n) is 6.04. The second kappa shape index (κ2) is 6.20. The maximum Gasteiger partial charge on any atom is 0.240 e. The summed E-state index contributed by atoms with van der Waals surface area (Å²) in [5.74, 6) is 0.146. The summed E-state index contributed by atoms with van der Waals surface area (Å²) in [7, 11) is 0. The zero-order chi connectivity index (χ0) is 13.0. The van der Waals surface area contributed by atoms with E-state index in [0.717, 1.165) is 23.2 Å². The van der Waals surface area contributed by atoms with Gasteiger partial charge in [-0.05, 0) is 38.3 Å². The maximum atomic E-state index is 12.3. The van der Waals surface area contributed by atoms with Crippen molar-refractivity contribution >= 4 is 27.5 Å². The maximum absolute atomic E-state index is 12.3. The molecule has 1 atom stereocenters. The third-order valence-corrected chi connectivity index (χ3v) is 3.96. The average Bonchev–Trinajstić information content (AvgIpc) is 2.32. The number of hydrogen-bond acceptors (Lipinski definition) is 1. The topological polar surface area (TPSA) is 20.3 Å². The minimum atomic E-state index is -0.0959.